The Hall–Kier alpha value is -1.26. The fourth-order valence-corrected chi connectivity index (χ4v) is 3.97. The second-order valence-corrected chi connectivity index (χ2v) is 6.72. The molecule has 0 amide bonds. The second kappa shape index (κ2) is 7.54. The van der Waals surface area contributed by atoms with Crippen LogP contribution < -0.4 is 9.47 Å². The zero-order valence-electron chi connectivity index (χ0n) is 14.8. The Balaban J connectivity index is 1.68. The summed E-state index contributed by atoms with van der Waals surface area (Å²) in [5.74, 6) is 1.73. The molecule has 128 valence electrons. The van der Waals surface area contributed by atoms with E-state index >= 15 is 0 Å². The van der Waals surface area contributed by atoms with Crippen LogP contribution in [0.3, 0.4) is 0 Å². The number of rotatable bonds is 6. The molecule has 2 aliphatic heterocycles. The van der Waals surface area contributed by atoms with Crippen LogP contribution in [0.1, 0.15) is 38.7 Å². The summed E-state index contributed by atoms with van der Waals surface area (Å²) in [5, 5.41) is 0. The van der Waals surface area contributed by atoms with E-state index in [0.717, 1.165) is 30.1 Å². The molecule has 2 saturated heterocycles. The molecule has 0 N–H and O–H groups in total. The molecule has 2 unspecified atom stereocenters. The van der Waals surface area contributed by atoms with Crippen molar-refractivity contribution in [2.45, 2.75) is 51.7 Å². The topological polar surface area (TPSA) is 24.9 Å². The number of fused-ring (bicyclic) bond motifs is 2. The highest BCUT2D eigenvalue weighted by atomic mass is 16.5. The van der Waals surface area contributed by atoms with E-state index in [-0.39, 0.29) is 0 Å². The predicted octanol–water partition coefficient (Wildman–Crippen LogP) is 3.15. The van der Waals surface area contributed by atoms with Crippen LogP contribution in [0.25, 0.3) is 0 Å². The fraction of sp³-hybridized carbons (Fsp3) is 0.684. The normalized spacial score (nSPS) is 25.3. The molecule has 23 heavy (non-hydrogen) atoms. The second-order valence-electron chi connectivity index (χ2n) is 6.72. The standard InChI is InChI=1S/C19H30N2O2/c1-4-22-18-9-6-15(12-19(18)23-5-2)13-21-11-10-16-7-8-17(14-21)20(16)3/h6,9,12,16-17H,4-5,7-8,10-11,13-14H2,1-3H3. The minimum Gasteiger partial charge on any atom is -0.490 e. The number of nitrogens with zero attached hydrogens (tertiary/aromatic N) is 2. The van der Waals surface area contributed by atoms with Gasteiger partial charge in [0.15, 0.2) is 11.5 Å². The molecule has 1 aromatic carbocycles. The molecule has 3 rings (SSSR count). The Morgan fingerprint density at radius 3 is 2.52 bits per heavy atom. The Morgan fingerprint density at radius 1 is 1.00 bits per heavy atom. The maximum atomic E-state index is 5.76. The van der Waals surface area contributed by atoms with E-state index in [1.54, 1.807) is 0 Å². The number of hydrogen-bond acceptors (Lipinski definition) is 4. The van der Waals surface area contributed by atoms with Crippen molar-refractivity contribution in [1.29, 1.82) is 0 Å². The van der Waals surface area contributed by atoms with Gasteiger partial charge in [0.1, 0.15) is 0 Å². The van der Waals surface area contributed by atoms with Gasteiger partial charge in [-0.3, -0.25) is 9.80 Å². The summed E-state index contributed by atoms with van der Waals surface area (Å²) in [4.78, 5) is 5.20. The molecule has 0 spiro atoms. The van der Waals surface area contributed by atoms with Crippen LogP contribution >= 0.6 is 0 Å². The smallest absolute Gasteiger partial charge is 0.161 e. The summed E-state index contributed by atoms with van der Waals surface area (Å²) in [5.41, 5.74) is 1.32. The van der Waals surface area contributed by atoms with Gasteiger partial charge in [-0.1, -0.05) is 6.07 Å². The van der Waals surface area contributed by atoms with E-state index < -0.39 is 0 Å². The first-order chi connectivity index (χ1) is 11.2. The van der Waals surface area contributed by atoms with E-state index in [1.165, 1.54) is 37.9 Å². The number of ether oxygens (including phenoxy) is 2. The Bertz CT molecular complexity index is 520. The monoisotopic (exact) mass is 318 g/mol. The van der Waals surface area contributed by atoms with Gasteiger partial charge in [-0.15, -0.1) is 0 Å². The summed E-state index contributed by atoms with van der Waals surface area (Å²) in [6.45, 7) is 8.75. The first-order valence-electron chi connectivity index (χ1n) is 9.04. The average molecular weight is 318 g/mol. The van der Waals surface area contributed by atoms with Gasteiger partial charge in [0.05, 0.1) is 13.2 Å². The van der Waals surface area contributed by atoms with Crippen molar-refractivity contribution in [3.05, 3.63) is 23.8 Å². The first-order valence-corrected chi connectivity index (χ1v) is 9.04. The lowest BCUT2D eigenvalue weighted by Crippen LogP contribution is -2.36. The van der Waals surface area contributed by atoms with Gasteiger partial charge >= 0.3 is 0 Å². The minimum absolute atomic E-state index is 0.668. The molecule has 4 heteroatoms. The molecular weight excluding hydrogens is 288 g/mol. The summed E-state index contributed by atoms with van der Waals surface area (Å²) < 4.78 is 11.4. The Kier molecular flexibility index (Phi) is 5.44. The van der Waals surface area contributed by atoms with Crippen LogP contribution in [0.5, 0.6) is 11.5 Å². The van der Waals surface area contributed by atoms with Crippen molar-refractivity contribution >= 4 is 0 Å². The lowest BCUT2D eigenvalue weighted by molar-refractivity contribution is 0.214. The molecule has 2 bridgehead atoms. The van der Waals surface area contributed by atoms with Gasteiger partial charge in [-0.2, -0.15) is 0 Å². The van der Waals surface area contributed by atoms with E-state index in [9.17, 15) is 0 Å². The van der Waals surface area contributed by atoms with Crippen LogP contribution in [0.15, 0.2) is 18.2 Å². The van der Waals surface area contributed by atoms with Crippen molar-refractivity contribution in [3.8, 4) is 11.5 Å². The van der Waals surface area contributed by atoms with Gasteiger partial charge in [0.25, 0.3) is 0 Å². The van der Waals surface area contributed by atoms with Crippen LogP contribution in [-0.4, -0.2) is 55.2 Å². The number of hydrogen-bond donors (Lipinski definition) is 0. The number of likely N-dealkylation sites (N-methyl/N-ethyl adjacent to an activating group) is 1. The summed E-state index contributed by atoms with van der Waals surface area (Å²) in [6.07, 6.45) is 4.03. The third-order valence-corrected chi connectivity index (χ3v) is 5.25. The largest absolute Gasteiger partial charge is 0.490 e. The molecule has 2 heterocycles. The number of likely N-dealkylation sites (tertiary alicyclic amines) is 1. The van der Waals surface area contributed by atoms with E-state index in [1.807, 2.05) is 13.8 Å². The van der Waals surface area contributed by atoms with E-state index in [4.69, 9.17) is 9.47 Å². The molecule has 2 aliphatic rings. The van der Waals surface area contributed by atoms with Crippen LogP contribution in [0.2, 0.25) is 0 Å². The highest BCUT2D eigenvalue weighted by Gasteiger charge is 2.34. The summed E-state index contributed by atoms with van der Waals surface area (Å²) >= 11 is 0. The van der Waals surface area contributed by atoms with E-state index in [0.29, 0.717) is 13.2 Å². The molecule has 0 radical (unpaired) electrons. The Labute approximate surface area is 140 Å². The predicted molar refractivity (Wildman–Crippen MR) is 93.2 cm³/mol. The molecule has 2 fully saturated rings. The van der Waals surface area contributed by atoms with Crippen molar-refractivity contribution in [1.82, 2.24) is 9.80 Å². The van der Waals surface area contributed by atoms with Crippen molar-refractivity contribution in [2.24, 2.45) is 0 Å². The highest BCUT2D eigenvalue weighted by Crippen LogP contribution is 2.31. The summed E-state index contributed by atoms with van der Waals surface area (Å²) in [6, 6.07) is 7.92. The van der Waals surface area contributed by atoms with Crippen molar-refractivity contribution in [3.63, 3.8) is 0 Å². The Morgan fingerprint density at radius 2 is 1.74 bits per heavy atom. The van der Waals surface area contributed by atoms with Crippen LogP contribution in [0.4, 0.5) is 0 Å². The summed E-state index contributed by atoms with van der Waals surface area (Å²) in [7, 11) is 2.30. The van der Waals surface area contributed by atoms with Gasteiger partial charge in [0, 0.05) is 31.7 Å². The zero-order chi connectivity index (χ0) is 16.2. The lowest BCUT2D eigenvalue weighted by atomic mass is 10.1. The van der Waals surface area contributed by atoms with E-state index in [2.05, 4.69) is 35.0 Å². The molecule has 2 atom stereocenters. The van der Waals surface area contributed by atoms with Gasteiger partial charge in [0.2, 0.25) is 0 Å². The van der Waals surface area contributed by atoms with Gasteiger partial charge < -0.3 is 9.47 Å². The zero-order valence-corrected chi connectivity index (χ0v) is 14.8. The van der Waals surface area contributed by atoms with Crippen LogP contribution in [-0.2, 0) is 6.54 Å². The third kappa shape index (κ3) is 3.81. The molecule has 1 aromatic rings. The van der Waals surface area contributed by atoms with Gasteiger partial charge in [-0.05, 0) is 57.9 Å². The molecule has 0 aromatic heterocycles. The van der Waals surface area contributed by atoms with Crippen molar-refractivity contribution in [2.75, 3.05) is 33.4 Å². The molecule has 0 saturated carbocycles. The average Bonchev–Trinajstić information content (AvgIpc) is 2.78. The maximum Gasteiger partial charge on any atom is 0.161 e. The first kappa shape index (κ1) is 16.6. The lowest BCUT2D eigenvalue weighted by Gasteiger charge is -2.26. The fourth-order valence-electron chi connectivity index (χ4n) is 3.97. The SMILES string of the molecule is CCOc1ccc(CN2CCC3CCC(C2)N3C)cc1OCC. The molecular formula is C19H30N2O2. The quantitative estimate of drug-likeness (QED) is 0.804. The maximum absolute atomic E-state index is 5.76. The van der Waals surface area contributed by atoms with Gasteiger partial charge in [-0.25, -0.2) is 0 Å². The van der Waals surface area contributed by atoms with Crippen LogP contribution in [0, 0.1) is 0 Å². The van der Waals surface area contributed by atoms with Crippen molar-refractivity contribution < 1.29 is 9.47 Å². The highest BCUT2D eigenvalue weighted by molar-refractivity contribution is 5.43. The number of benzene rings is 1. The third-order valence-electron chi connectivity index (χ3n) is 5.25. The molecule has 0 aliphatic carbocycles. The minimum atomic E-state index is 0.668. The molecule has 4 nitrogen and oxygen atoms in total.